The fourth-order valence-corrected chi connectivity index (χ4v) is 4.26. The highest BCUT2D eigenvalue weighted by molar-refractivity contribution is 5.99. The molecule has 0 heterocycles. The predicted octanol–water partition coefficient (Wildman–Crippen LogP) is 5.75. The molecule has 120 valence electrons. The van der Waals surface area contributed by atoms with Crippen LogP contribution in [0.2, 0.25) is 0 Å². The normalized spacial score (nSPS) is 15.3. The molecule has 2 aromatic rings. The minimum Gasteiger partial charge on any atom is -0.411 e. The third kappa shape index (κ3) is 2.37. The lowest BCUT2D eigenvalue weighted by Crippen LogP contribution is -2.25. The lowest BCUT2D eigenvalue weighted by atomic mass is 9.71. The largest absolute Gasteiger partial charge is 0.411 e. The summed E-state index contributed by atoms with van der Waals surface area (Å²) in [6.45, 7) is 6.38. The summed E-state index contributed by atoms with van der Waals surface area (Å²) < 4.78 is 0. The van der Waals surface area contributed by atoms with Crippen LogP contribution in [-0.2, 0) is 5.41 Å². The van der Waals surface area contributed by atoms with Crippen LogP contribution in [0, 0.1) is 0 Å². The minimum atomic E-state index is 0.0984. The molecular weight excluding hydrogens is 282 g/mol. The third-order valence-corrected chi connectivity index (χ3v) is 5.19. The van der Waals surface area contributed by atoms with E-state index in [0.717, 1.165) is 31.2 Å². The first-order valence-corrected chi connectivity index (χ1v) is 8.61. The number of rotatable bonds is 5. The van der Waals surface area contributed by atoms with Crippen molar-refractivity contribution in [1.82, 2.24) is 0 Å². The highest BCUT2D eigenvalue weighted by Crippen LogP contribution is 2.53. The Morgan fingerprint density at radius 1 is 0.957 bits per heavy atom. The van der Waals surface area contributed by atoms with Gasteiger partial charge in [-0.25, -0.2) is 0 Å². The van der Waals surface area contributed by atoms with E-state index >= 15 is 0 Å². The summed E-state index contributed by atoms with van der Waals surface area (Å²) in [5.74, 6) is 0. The number of oxime groups is 1. The van der Waals surface area contributed by atoms with E-state index in [-0.39, 0.29) is 5.41 Å². The van der Waals surface area contributed by atoms with Crippen LogP contribution in [0.5, 0.6) is 0 Å². The predicted molar refractivity (Wildman–Crippen MR) is 96.5 cm³/mol. The van der Waals surface area contributed by atoms with Crippen LogP contribution in [0.15, 0.2) is 47.6 Å². The number of hydrogen-bond donors (Lipinski definition) is 1. The van der Waals surface area contributed by atoms with Crippen LogP contribution in [0.4, 0.5) is 0 Å². The molecule has 2 heteroatoms. The van der Waals surface area contributed by atoms with Crippen molar-refractivity contribution < 1.29 is 5.21 Å². The van der Waals surface area contributed by atoms with Crippen LogP contribution >= 0.6 is 0 Å². The quantitative estimate of drug-likeness (QED) is 0.425. The van der Waals surface area contributed by atoms with Gasteiger partial charge in [-0.15, -0.1) is 0 Å². The zero-order valence-corrected chi connectivity index (χ0v) is 14.3. The molecule has 3 rings (SSSR count). The van der Waals surface area contributed by atoms with Gasteiger partial charge in [-0.1, -0.05) is 68.2 Å². The molecule has 23 heavy (non-hydrogen) atoms. The second-order valence-electron chi connectivity index (χ2n) is 6.57. The Labute approximate surface area is 138 Å². The number of fused-ring (bicyclic) bond motifs is 3. The van der Waals surface area contributed by atoms with E-state index in [9.17, 15) is 0 Å². The van der Waals surface area contributed by atoms with Crippen molar-refractivity contribution in [3.63, 3.8) is 0 Å². The molecule has 0 bridgehead atoms. The number of hydrogen-bond acceptors (Lipinski definition) is 2. The maximum absolute atomic E-state index is 9.14. The van der Waals surface area contributed by atoms with Crippen molar-refractivity contribution >= 4 is 5.71 Å². The van der Waals surface area contributed by atoms with E-state index in [1.165, 1.54) is 22.3 Å². The van der Waals surface area contributed by atoms with Crippen molar-refractivity contribution in [2.75, 3.05) is 0 Å². The van der Waals surface area contributed by atoms with Gasteiger partial charge in [0.25, 0.3) is 0 Å². The molecule has 0 spiro atoms. The minimum absolute atomic E-state index is 0.0984. The highest BCUT2D eigenvalue weighted by atomic mass is 16.4. The second kappa shape index (κ2) is 6.19. The van der Waals surface area contributed by atoms with Crippen molar-refractivity contribution in [3.05, 3.63) is 59.2 Å². The van der Waals surface area contributed by atoms with Gasteiger partial charge in [-0.2, -0.15) is 0 Å². The Morgan fingerprint density at radius 3 is 2.26 bits per heavy atom. The molecule has 0 fully saturated rings. The van der Waals surface area contributed by atoms with Gasteiger partial charge in [0, 0.05) is 5.41 Å². The van der Waals surface area contributed by atoms with Crippen LogP contribution in [0.25, 0.3) is 11.1 Å². The first-order valence-electron chi connectivity index (χ1n) is 8.61. The number of benzene rings is 2. The Hall–Kier alpha value is -2.09. The van der Waals surface area contributed by atoms with E-state index in [1.54, 1.807) is 0 Å². The topological polar surface area (TPSA) is 32.6 Å². The Bertz CT molecular complexity index is 739. The van der Waals surface area contributed by atoms with Crippen LogP contribution in [-0.4, -0.2) is 10.9 Å². The first-order chi connectivity index (χ1) is 11.2. The van der Waals surface area contributed by atoms with Gasteiger partial charge in [0.15, 0.2) is 0 Å². The van der Waals surface area contributed by atoms with Crippen LogP contribution in [0.1, 0.15) is 63.1 Å². The van der Waals surface area contributed by atoms with Gasteiger partial charge in [0.05, 0.1) is 5.71 Å². The van der Waals surface area contributed by atoms with Crippen molar-refractivity contribution in [2.24, 2.45) is 5.16 Å². The zero-order valence-electron chi connectivity index (χ0n) is 14.3. The maximum Gasteiger partial charge on any atom is 0.0837 e. The third-order valence-electron chi connectivity index (χ3n) is 5.19. The average Bonchev–Trinajstić information content (AvgIpc) is 2.85. The zero-order chi connectivity index (χ0) is 16.4. The molecule has 2 nitrogen and oxygen atoms in total. The van der Waals surface area contributed by atoms with Crippen molar-refractivity contribution in [2.45, 2.75) is 51.9 Å². The molecular formula is C21H25NO. The standard InChI is InChI=1S/C21H25NO/c1-4-12-21(13-5-2)19-9-7-6-8-17(19)18-11-10-16(14-20(18)21)15(3)22-23/h6-11,14,23H,4-5,12-13H2,1-3H3/b22-15+. The summed E-state index contributed by atoms with van der Waals surface area (Å²) in [6.07, 6.45) is 4.63. The molecule has 0 amide bonds. The van der Waals surface area contributed by atoms with Crippen molar-refractivity contribution in [3.8, 4) is 11.1 Å². The SMILES string of the molecule is CCCC1(CCC)c2ccccc2-c2ccc(/C(C)=N/O)cc21. The molecule has 0 atom stereocenters. The maximum atomic E-state index is 9.14. The first kappa shape index (κ1) is 15.8. The second-order valence-corrected chi connectivity index (χ2v) is 6.57. The van der Waals surface area contributed by atoms with E-state index in [1.807, 2.05) is 6.92 Å². The van der Waals surface area contributed by atoms with Gasteiger partial charge in [-0.3, -0.25) is 0 Å². The van der Waals surface area contributed by atoms with Gasteiger partial charge in [-0.05, 0) is 53.6 Å². The molecule has 0 aromatic heterocycles. The fraction of sp³-hybridized carbons (Fsp3) is 0.381. The monoisotopic (exact) mass is 307 g/mol. The lowest BCUT2D eigenvalue weighted by molar-refractivity contribution is 0.319. The summed E-state index contributed by atoms with van der Waals surface area (Å²) in [4.78, 5) is 0. The fourth-order valence-electron chi connectivity index (χ4n) is 4.26. The molecule has 1 aliphatic rings. The molecule has 1 N–H and O–H groups in total. The summed E-state index contributed by atoms with van der Waals surface area (Å²) in [5.41, 5.74) is 7.37. The van der Waals surface area contributed by atoms with E-state index < -0.39 is 0 Å². The summed E-state index contributed by atoms with van der Waals surface area (Å²) in [7, 11) is 0. The molecule has 0 radical (unpaired) electrons. The van der Waals surface area contributed by atoms with E-state index in [2.05, 4.69) is 61.5 Å². The molecule has 1 aliphatic carbocycles. The Balaban J connectivity index is 2.28. The van der Waals surface area contributed by atoms with Gasteiger partial charge in [0.2, 0.25) is 0 Å². The van der Waals surface area contributed by atoms with Gasteiger partial charge < -0.3 is 5.21 Å². The average molecular weight is 307 g/mol. The molecule has 0 unspecified atom stereocenters. The van der Waals surface area contributed by atoms with Crippen LogP contribution in [0.3, 0.4) is 0 Å². The summed E-state index contributed by atoms with van der Waals surface area (Å²) in [5, 5.41) is 12.5. The van der Waals surface area contributed by atoms with Crippen LogP contribution < -0.4 is 0 Å². The summed E-state index contributed by atoms with van der Waals surface area (Å²) in [6, 6.07) is 15.3. The Kier molecular flexibility index (Phi) is 4.25. The van der Waals surface area contributed by atoms with Gasteiger partial charge in [0.1, 0.15) is 0 Å². The Morgan fingerprint density at radius 2 is 1.61 bits per heavy atom. The molecule has 0 aliphatic heterocycles. The van der Waals surface area contributed by atoms with E-state index in [4.69, 9.17) is 5.21 Å². The van der Waals surface area contributed by atoms with Crippen molar-refractivity contribution in [1.29, 1.82) is 0 Å². The summed E-state index contributed by atoms with van der Waals surface area (Å²) >= 11 is 0. The highest BCUT2D eigenvalue weighted by Gasteiger charge is 2.41. The lowest BCUT2D eigenvalue weighted by Gasteiger charge is -2.32. The molecule has 2 aromatic carbocycles. The van der Waals surface area contributed by atoms with Gasteiger partial charge >= 0.3 is 0 Å². The number of nitrogens with zero attached hydrogens (tertiary/aromatic N) is 1. The van der Waals surface area contributed by atoms with E-state index in [0.29, 0.717) is 5.71 Å². The smallest absolute Gasteiger partial charge is 0.0837 e. The molecule has 0 saturated carbocycles. The molecule has 0 saturated heterocycles.